The number of halogens is 1. The lowest BCUT2D eigenvalue weighted by molar-refractivity contribution is -0.121. The number of carbonyl (C=O) groups excluding carboxylic acids is 1. The number of carbonyl (C=O) groups is 1. The zero-order chi connectivity index (χ0) is 12.1. The fraction of sp³-hybridized carbons (Fsp3) is 0.615. The average molecular weight is 289 g/mol. The summed E-state index contributed by atoms with van der Waals surface area (Å²) >= 11 is 1.64. The van der Waals surface area contributed by atoms with Crippen LogP contribution in [0.15, 0.2) is 16.8 Å². The van der Waals surface area contributed by atoms with E-state index in [4.69, 9.17) is 0 Å². The van der Waals surface area contributed by atoms with Crippen molar-refractivity contribution in [3.8, 4) is 0 Å². The zero-order valence-corrected chi connectivity index (χ0v) is 12.3. The van der Waals surface area contributed by atoms with Crippen molar-refractivity contribution >= 4 is 29.7 Å². The van der Waals surface area contributed by atoms with Gasteiger partial charge in [0.25, 0.3) is 0 Å². The van der Waals surface area contributed by atoms with Crippen LogP contribution in [-0.4, -0.2) is 25.5 Å². The molecule has 1 fully saturated rings. The van der Waals surface area contributed by atoms with Crippen molar-refractivity contribution < 1.29 is 4.79 Å². The summed E-state index contributed by atoms with van der Waals surface area (Å²) in [6, 6.07) is 2.01. The second kappa shape index (κ2) is 7.12. The molecular formula is C13H21ClN2OS. The minimum atomic E-state index is 0. The summed E-state index contributed by atoms with van der Waals surface area (Å²) in [4.78, 5) is 11.8. The highest BCUT2D eigenvalue weighted by atomic mass is 35.5. The van der Waals surface area contributed by atoms with Crippen LogP contribution < -0.4 is 10.6 Å². The summed E-state index contributed by atoms with van der Waals surface area (Å²) in [5.41, 5.74) is 1.34. The molecule has 1 amide bonds. The van der Waals surface area contributed by atoms with Gasteiger partial charge in [-0.3, -0.25) is 4.79 Å². The van der Waals surface area contributed by atoms with Crippen LogP contribution in [0.3, 0.4) is 0 Å². The van der Waals surface area contributed by atoms with E-state index in [1.165, 1.54) is 12.8 Å². The van der Waals surface area contributed by atoms with Gasteiger partial charge in [0, 0.05) is 13.1 Å². The van der Waals surface area contributed by atoms with Gasteiger partial charge in [-0.1, -0.05) is 6.92 Å². The van der Waals surface area contributed by atoms with E-state index in [9.17, 15) is 4.79 Å². The van der Waals surface area contributed by atoms with Gasteiger partial charge in [-0.15, -0.1) is 12.4 Å². The normalized spacial score (nSPS) is 23.2. The van der Waals surface area contributed by atoms with Crippen molar-refractivity contribution in [2.75, 3.05) is 19.6 Å². The summed E-state index contributed by atoms with van der Waals surface area (Å²) in [5, 5.41) is 10.5. The number of amides is 1. The van der Waals surface area contributed by atoms with Crippen LogP contribution in [0.5, 0.6) is 0 Å². The van der Waals surface area contributed by atoms with Crippen molar-refractivity contribution in [2.24, 2.45) is 5.41 Å². The van der Waals surface area contributed by atoms with Gasteiger partial charge in [0.1, 0.15) is 0 Å². The molecule has 1 aliphatic heterocycles. The highest BCUT2D eigenvalue weighted by Crippen LogP contribution is 2.24. The molecule has 1 aromatic heterocycles. The second-order valence-corrected chi connectivity index (χ2v) is 5.96. The van der Waals surface area contributed by atoms with Crippen LogP contribution in [0.1, 0.15) is 25.3 Å². The van der Waals surface area contributed by atoms with Gasteiger partial charge in [-0.25, -0.2) is 0 Å². The second-order valence-electron chi connectivity index (χ2n) is 5.18. The predicted molar refractivity (Wildman–Crippen MR) is 78.5 cm³/mol. The van der Waals surface area contributed by atoms with E-state index in [1.54, 1.807) is 11.3 Å². The Labute approximate surface area is 119 Å². The molecule has 0 aliphatic carbocycles. The minimum absolute atomic E-state index is 0. The van der Waals surface area contributed by atoms with E-state index >= 15 is 0 Å². The summed E-state index contributed by atoms with van der Waals surface area (Å²) in [7, 11) is 0. The fourth-order valence-corrected chi connectivity index (χ4v) is 2.89. The molecule has 1 aromatic rings. The molecule has 1 aliphatic rings. The molecule has 0 spiro atoms. The first-order chi connectivity index (χ1) is 8.18. The Hall–Kier alpha value is -0.580. The van der Waals surface area contributed by atoms with Crippen LogP contribution in [0.2, 0.25) is 0 Å². The first kappa shape index (κ1) is 15.5. The van der Waals surface area contributed by atoms with E-state index in [-0.39, 0.29) is 23.7 Å². The Balaban J connectivity index is 0.00000162. The lowest BCUT2D eigenvalue weighted by Crippen LogP contribution is -2.45. The van der Waals surface area contributed by atoms with Crippen molar-refractivity contribution in [1.82, 2.24) is 10.6 Å². The highest BCUT2D eigenvalue weighted by molar-refractivity contribution is 7.07. The molecule has 3 nitrogen and oxygen atoms in total. The van der Waals surface area contributed by atoms with E-state index in [0.717, 1.165) is 25.2 Å². The van der Waals surface area contributed by atoms with Crippen molar-refractivity contribution in [3.63, 3.8) is 0 Å². The van der Waals surface area contributed by atoms with Crippen LogP contribution in [0.25, 0.3) is 0 Å². The summed E-state index contributed by atoms with van der Waals surface area (Å²) in [6.45, 7) is 5.14. The number of piperidine rings is 1. The van der Waals surface area contributed by atoms with Crippen LogP contribution >= 0.6 is 23.7 Å². The Morgan fingerprint density at radius 3 is 3.06 bits per heavy atom. The standard InChI is InChI=1S/C13H20N2OS.ClH/c1-13(4-2-5-14-9-13)10-15-12(16)7-11-3-6-17-8-11;/h3,6,8,14H,2,4-5,7,9-10H2,1H3,(H,15,16);1H. The van der Waals surface area contributed by atoms with Crippen molar-refractivity contribution in [1.29, 1.82) is 0 Å². The molecule has 0 aromatic carbocycles. The summed E-state index contributed by atoms with van der Waals surface area (Å²) in [6.07, 6.45) is 2.91. The van der Waals surface area contributed by atoms with Crippen LogP contribution in [0, 0.1) is 5.41 Å². The fourth-order valence-electron chi connectivity index (χ4n) is 2.22. The molecule has 0 bridgehead atoms. The molecule has 1 atom stereocenters. The number of rotatable bonds is 4. The van der Waals surface area contributed by atoms with Crippen LogP contribution in [0.4, 0.5) is 0 Å². The predicted octanol–water partition coefficient (Wildman–Crippen LogP) is 2.22. The number of nitrogens with one attached hydrogen (secondary N) is 2. The third kappa shape index (κ3) is 4.59. The van der Waals surface area contributed by atoms with Crippen molar-refractivity contribution in [2.45, 2.75) is 26.2 Å². The van der Waals surface area contributed by atoms with Gasteiger partial charge in [0.2, 0.25) is 5.91 Å². The summed E-state index contributed by atoms with van der Waals surface area (Å²) < 4.78 is 0. The number of thiophene rings is 1. The lowest BCUT2D eigenvalue weighted by atomic mass is 9.83. The third-order valence-corrected chi connectivity index (χ3v) is 4.07. The molecule has 1 saturated heterocycles. The van der Waals surface area contributed by atoms with E-state index in [1.807, 2.05) is 16.8 Å². The Kier molecular flexibility index (Phi) is 6.12. The molecule has 0 saturated carbocycles. The molecular weight excluding hydrogens is 268 g/mol. The van der Waals surface area contributed by atoms with Gasteiger partial charge in [-0.2, -0.15) is 11.3 Å². The quantitative estimate of drug-likeness (QED) is 0.892. The topological polar surface area (TPSA) is 41.1 Å². The molecule has 2 rings (SSSR count). The third-order valence-electron chi connectivity index (χ3n) is 3.34. The lowest BCUT2D eigenvalue weighted by Gasteiger charge is -2.34. The molecule has 1 unspecified atom stereocenters. The maximum atomic E-state index is 11.8. The zero-order valence-electron chi connectivity index (χ0n) is 10.7. The number of hydrogen-bond donors (Lipinski definition) is 2. The summed E-state index contributed by atoms with van der Waals surface area (Å²) in [5.74, 6) is 0.134. The molecule has 5 heteroatoms. The maximum Gasteiger partial charge on any atom is 0.224 e. The van der Waals surface area contributed by atoms with Gasteiger partial charge >= 0.3 is 0 Å². The van der Waals surface area contributed by atoms with Gasteiger partial charge in [0.15, 0.2) is 0 Å². The maximum absolute atomic E-state index is 11.8. The number of hydrogen-bond acceptors (Lipinski definition) is 3. The molecule has 18 heavy (non-hydrogen) atoms. The van der Waals surface area contributed by atoms with Crippen molar-refractivity contribution in [3.05, 3.63) is 22.4 Å². The highest BCUT2D eigenvalue weighted by Gasteiger charge is 2.26. The van der Waals surface area contributed by atoms with Gasteiger partial charge in [0.05, 0.1) is 6.42 Å². The molecule has 102 valence electrons. The molecule has 0 radical (unpaired) electrons. The SMILES string of the molecule is CC1(CNC(=O)Cc2ccsc2)CCCNC1.Cl. The van der Waals surface area contributed by atoms with E-state index in [0.29, 0.717) is 6.42 Å². The van der Waals surface area contributed by atoms with Crippen LogP contribution in [-0.2, 0) is 11.2 Å². The van der Waals surface area contributed by atoms with Gasteiger partial charge < -0.3 is 10.6 Å². The van der Waals surface area contributed by atoms with E-state index < -0.39 is 0 Å². The Morgan fingerprint density at radius 2 is 2.44 bits per heavy atom. The van der Waals surface area contributed by atoms with Gasteiger partial charge in [-0.05, 0) is 47.2 Å². The minimum Gasteiger partial charge on any atom is -0.355 e. The molecule has 2 N–H and O–H groups in total. The average Bonchev–Trinajstić information content (AvgIpc) is 2.80. The smallest absolute Gasteiger partial charge is 0.224 e. The Bertz CT molecular complexity index is 361. The van der Waals surface area contributed by atoms with E-state index in [2.05, 4.69) is 17.6 Å². The Morgan fingerprint density at radius 1 is 1.61 bits per heavy atom. The monoisotopic (exact) mass is 288 g/mol. The first-order valence-electron chi connectivity index (χ1n) is 6.16. The first-order valence-corrected chi connectivity index (χ1v) is 7.11. The molecule has 2 heterocycles. The largest absolute Gasteiger partial charge is 0.355 e.